The molecule has 0 bridgehead atoms. The van der Waals surface area contributed by atoms with E-state index in [1.165, 1.54) is 12.8 Å². The Hall–Kier alpha value is -1.26. The quantitative estimate of drug-likeness (QED) is 0.893. The second-order valence-electron chi connectivity index (χ2n) is 5.91. The molecule has 1 fully saturated rings. The number of carbonyl (C=O) groups excluding carboxylic acids is 1. The Balaban J connectivity index is 1.73. The Morgan fingerprint density at radius 3 is 2.81 bits per heavy atom. The molecule has 5 heteroatoms. The third kappa shape index (κ3) is 5.21. The first kappa shape index (κ1) is 16.1. The van der Waals surface area contributed by atoms with Gasteiger partial charge in [0.1, 0.15) is 0 Å². The number of likely N-dealkylation sites (tertiary alicyclic amines) is 1. The molecule has 1 aromatic carbocycles. The summed E-state index contributed by atoms with van der Waals surface area (Å²) in [5.41, 5.74) is 0.708. The lowest BCUT2D eigenvalue weighted by Gasteiger charge is -2.34. The van der Waals surface area contributed by atoms with Crippen LogP contribution in [0, 0.1) is 5.92 Å². The molecule has 0 aromatic heterocycles. The van der Waals surface area contributed by atoms with Crippen LogP contribution in [0.5, 0.6) is 0 Å². The van der Waals surface area contributed by atoms with Crippen molar-refractivity contribution in [3.8, 4) is 0 Å². The Bertz CT molecular complexity index is 472. The van der Waals surface area contributed by atoms with Crippen LogP contribution in [0.3, 0.4) is 0 Å². The molecular weight excluding hydrogens is 286 g/mol. The van der Waals surface area contributed by atoms with E-state index in [1.807, 2.05) is 12.1 Å². The van der Waals surface area contributed by atoms with Crippen LogP contribution >= 0.6 is 11.6 Å². The van der Waals surface area contributed by atoms with Gasteiger partial charge in [-0.1, -0.05) is 24.6 Å². The molecule has 1 atom stereocenters. The Kier molecular flexibility index (Phi) is 5.88. The normalized spacial score (nSPS) is 18.2. The van der Waals surface area contributed by atoms with E-state index in [1.54, 1.807) is 12.1 Å². The molecule has 0 unspecified atom stereocenters. The summed E-state index contributed by atoms with van der Waals surface area (Å²) in [4.78, 5) is 14.3. The van der Waals surface area contributed by atoms with Gasteiger partial charge in [0.2, 0.25) is 0 Å². The minimum absolute atomic E-state index is 0.186. The second kappa shape index (κ2) is 7.66. The highest BCUT2D eigenvalue weighted by atomic mass is 35.5. The van der Waals surface area contributed by atoms with Crippen molar-refractivity contribution in [2.75, 3.05) is 25.0 Å². The number of halogens is 1. The number of hydrogen-bond acceptors (Lipinski definition) is 2. The predicted octanol–water partition coefficient (Wildman–Crippen LogP) is 3.58. The Labute approximate surface area is 131 Å². The van der Waals surface area contributed by atoms with Gasteiger partial charge in [-0.15, -0.1) is 0 Å². The monoisotopic (exact) mass is 309 g/mol. The molecular formula is C16H24ClN3O. The van der Waals surface area contributed by atoms with E-state index in [-0.39, 0.29) is 6.03 Å². The zero-order valence-electron chi connectivity index (χ0n) is 12.7. The van der Waals surface area contributed by atoms with E-state index >= 15 is 0 Å². The molecule has 0 saturated carbocycles. The number of anilines is 1. The zero-order chi connectivity index (χ0) is 15.2. The number of urea groups is 1. The van der Waals surface area contributed by atoms with E-state index < -0.39 is 0 Å². The first-order valence-corrected chi connectivity index (χ1v) is 7.97. The lowest BCUT2D eigenvalue weighted by atomic mass is 9.98. The average Bonchev–Trinajstić information content (AvgIpc) is 2.45. The standard InChI is InChI=1S/C16H24ClN3O/c1-12-6-8-20(9-7-12)13(2)11-18-16(21)19-15-5-3-4-14(17)10-15/h3-5,10,12-13H,6-9,11H2,1-2H3,(H2,18,19,21)/t13-/m1/s1. The fourth-order valence-electron chi connectivity index (χ4n) is 2.58. The fraction of sp³-hybridized carbons (Fsp3) is 0.562. The largest absolute Gasteiger partial charge is 0.336 e. The summed E-state index contributed by atoms with van der Waals surface area (Å²) >= 11 is 5.89. The van der Waals surface area contributed by atoms with Gasteiger partial charge in [-0.05, 0) is 57.0 Å². The van der Waals surface area contributed by atoms with E-state index in [4.69, 9.17) is 11.6 Å². The maximum absolute atomic E-state index is 11.9. The number of piperidine rings is 1. The maximum Gasteiger partial charge on any atom is 0.319 e. The smallest absolute Gasteiger partial charge is 0.319 e. The summed E-state index contributed by atoms with van der Waals surface area (Å²) in [6.45, 7) is 7.37. The molecule has 0 aliphatic carbocycles. The summed E-state index contributed by atoms with van der Waals surface area (Å²) in [6, 6.07) is 7.33. The molecule has 4 nitrogen and oxygen atoms in total. The number of nitrogens with one attached hydrogen (secondary N) is 2. The van der Waals surface area contributed by atoms with Crippen LogP contribution in [-0.4, -0.2) is 36.6 Å². The third-order valence-electron chi connectivity index (χ3n) is 4.08. The van der Waals surface area contributed by atoms with E-state index in [0.29, 0.717) is 23.3 Å². The molecule has 1 saturated heterocycles. The molecule has 1 aliphatic heterocycles. The molecule has 0 spiro atoms. The zero-order valence-corrected chi connectivity index (χ0v) is 13.5. The van der Waals surface area contributed by atoms with Crippen molar-refractivity contribution in [2.24, 2.45) is 5.92 Å². The van der Waals surface area contributed by atoms with Crippen molar-refractivity contribution >= 4 is 23.3 Å². The maximum atomic E-state index is 11.9. The molecule has 1 aliphatic rings. The number of rotatable bonds is 4. The van der Waals surface area contributed by atoms with E-state index in [9.17, 15) is 4.79 Å². The van der Waals surface area contributed by atoms with E-state index in [2.05, 4.69) is 29.4 Å². The number of nitrogens with zero attached hydrogens (tertiary/aromatic N) is 1. The molecule has 2 N–H and O–H groups in total. The van der Waals surface area contributed by atoms with Gasteiger partial charge in [0.15, 0.2) is 0 Å². The highest BCUT2D eigenvalue weighted by Gasteiger charge is 2.20. The van der Waals surface area contributed by atoms with Gasteiger partial charge >= 0.3 is 6.03 Å². The minimum atomic E-state index is -0.186. The van der Waals surface area contributed by atoms with Crippen LogP contribution in [0.1, 0.15) is 26.7 Å². The topological polar surface area (TPSA) is 44.4 Å². The van der Waals surface area contributed by atoms with Crippen molar-refractivity contribution < 1.29 is 4.79 Å². The number of carbonyl (C=O) groups is 1. The molecule has 2 amide bonds. The number of hydrogen-bond donors (Lipinski definition) is 2. The minimum Gasteiger partial charge on any atom is -0.336 e. The van der Waals surface area contributed by atoms with Crippen LogP contribution in [0.25, 0.3) is 0 Å². The Morgan fingerprint density at radius 2 is 2.14 bits per heavy atom. The summed E-state index contributed by atoms with van der Waals surface area (Å²) in [7, 11) is 0. The highest BCUT2D eigenvalue weighted by Crippen LogP contribution is 2.18. The van der Waals surface area contributed by atoms with E-state index in [0.717, 1.165) is 19.0 Å². The first-order chi connectivity index (χ1) is 10.0. The van der Waals surface area contributed by atoms with Crippen molar-refractivity contribution in [3.63, 3.8) is 0 Å². The van der Waals surface area contributed by atoms with Crippen LogP contribution in [0.2, 0.25) is 5.02 Å². The number of amides is 2. The summed E-state index contributed by atoms with van der Waals surface area (Å²) in [5, 5.41) is 6.33. The SMILES string of the molecule is CC1CCN([C@H](C)CNC(=O)Nc2cccc(Cl)c2)CC1. The van der Waals surface area contributed by atoms with Crippen LogP contribution in [0.15, 0.2) is 24.3 Å². The summed E-state index contributed by atoms with van der Waals surface area (Å²) < 4.78 is 0. The van der Waals surface area contributed by atoms with Crippen LogP contribution < -0.4 is 10.6 Å². The lowest BCUT2D eigenvalue weighted by molar-refractivity contribution is 0.146. The van der Waals surface area contributed by atoms with Crippen LogP contribution in [0.4, 0.5) is 10.5 Å². The second-order valence-corrected chi connectivity index (χ2v) is 6.35. The molecule has 0 radical (unpaired) electrons. The summed E-state index contributed by atoms with van der Waals surface area (Å²) in [5.74, 6) is 0.826. The van der Waals surface area contributed by atoms with Crippen molar-refractivity contribution in [1.29, 1.82) is 0 Å². The van der Waals surface area contributed by atoms with Gasteiger partial charge in [-0.2, -0.15) is 0 Å². The van der Waals surface area contributed by atoms with Crippen molar-refractivity contribution in [1.82, 2.24) is 10.2 Å². The molecule has 2 rings (SSSR count). The molecule has 21 heavy (non-hydrogen) atoms. The number of benzene rings is 1. The molecule has 116 valence electrons. The van der Waals surface area contributed by atoms with Gasteiger partial charge in [0.05, 0.1) is 0 Å². The van der Waals surface area contributed by atoms with Crippen molar-refractivity contribution in [2.45, 2.75) is 32.7 Å². The van der Waals surface area contributed by atoms with Crippen LogP contribution in [-0.2, 0) is 0 Å². The van der Waals surface area contributed by atoms with Gasteiger partial charge in [0.25, 0.3) is 0 Å². The van der Waals surface area contributed by atoms with Gasteiger partial charge < -0.3 is 10.6 Å². The molecule has 1 aromatic rings. The fourth-order valence-corrected chi connectivity index (χ4v) is 2.77. The predicted molar refractivity (Wildman–Crippen MR) is 87.9 cm³/mol. The highest BCUT2D eigenvalue weighted by molar-refractivity contribution is 6.30. The van der Waals surface area contributed by atoms with Gasteiger partial charge in [-0.25, -0.2) is 4.79 Å². The van der Waals surface area contributed by atoms with Crippen molar-refractivity contribution in [3.05, 3.63) is 29.3 Å². The third-order valence-corrected chi connectivity index (χ3v) is 4.32. The summed E-state index contributed by atoms with van der Waals surface area (Å²) in [6.07, 6.45) is 2.50. The molecule has 1 heterocycles. The lowest BCUT2D eigenvalue weighted by Crippen LogP contribution is -2.46. The van der Waals surface area contributed by atoms with Gasteiger partial charge in [0, 0.05) is 23.3 Å². The van der Waals surface area contributed by atoms with Gasteiger partial charge in [-0.3, -0.25) is 4.90 Å². The first-order valence-electron chi connectivity index (χ1n) is 7.59. The average molecular weight is 310 g/mol. The Morgan fingerprint density at radius 1 is 1.43 bits per heavy atom.